The third-order valence-electron chi connectivity index (χ3n) is 2.70. The Balaban J connectivity index is 2.03. The Morgan fingerprint density at radius 3 is 2.67 bits per heavy atom. The van der Waals surface area contributed by atoms with E-state index in [9.17, 15) is 0 Å². The lowest BCUT2D eigenvalue weighted by Crippen LogP contribution is -2.16. The number of hydrogen-bond donors (Lipinski definition) is 1. The summed E-state index contributed by atoms with van der Waals surface area (Å²) in [7, 11) is 0. The molecule has 4 nitrogen and oxygen atoms in total. The summed E-state index contributed by atoms with van der Waals surface area (Å²) < 4.78 is 7.49. The normalized spacial score (nSPS) is 11.7. The van der Waals surface area contributed by atoms with Gasteiger partial charge in [0.05, 0.1) is 11.8 Å². The third kappa shape index (κ3) is 6.17. The summed E-state index contributed by atoms with van der Waals surface area (Å²) in [5.74, 6) is 0. The van der Waals surface area contributed by atoms with Crippen molar-refractivity contribution in [1.82, 2.24) is 15.1 Å². The second-order valence-corrected chi connectivity index (χ2v) is 5.18. The van der Waals surface area contributed by atoms with Crippen molar-refractivity contribution in [2.75, 3.05) is 13.2 Å². The molecule has 0 aliphatic rings. The van der Waals surface area contributed by atoms with Crippen LogP contribution in [0.3, 0.4) is 0 Å². The number of nitrogens with one attached hydrogen (secondary N) is 1. The van der Waals surface area contributed by atoms with E-state index in [1.54, 1.807) is 0 Å². The highest BCUT2D eigenvalue weighted by molar-refractivity contribution is 4.98. The first kappa shape index (κ1) is 15.2. The molecule has 0 saturated carbocycles. The summed E-state index contributed by atoms with van der Waals surface area (Å²) in [4.78, 5) is 0. The Bertz CT molecular complexity index is 321. The van der Waals surface area contributed by atoms with Crippen LogP contribution in [-0.4, -0.2) is 29.0 Å². The molecule has 0 unspecified atom stereocenters. The highest BCUT2D eigenvalue weighted by atomic mass is 16.5. The molecule has 1 aromatic rings. The van der Waals surface area contributed by atoms with E-state index in [0.717, 1.165) is 38.2 Å². The van der Waals surface area contributed by atoms with Crippen molar-refractivity contribution >= 4 is 0 Å². The van der Waals surface area contributed by atoms with Crippen LogP contribution in [0.2, 0.25) is 0 Å². The average molecular weight is 253 g/mol. The Kier molecular flexibility index (Phi) is 6.98. The molecule has 0 bridgehead atoms. The van der Waals surface area contributed by atoms with Gasteiger partial charge < -0.3 is 10.1 Å². The van der Waals surface area contributed by atoms with Crippen LogP contribution in [0.1, 0.15) is 52.3 Å². The molecule has 1 N–H and O–H groups in total. The van der Waals surface area contributed by atoms with Crippen molar-refractivity contribution in [3.8, 4) is 0 Å². The van der Waals surface area contributed by atoms with Crippen LogP contribution in [0.5, 0.6) is 0 Å². The van der Waals surface area contributed by atoms with Crippen molar-refractivity contribution in [2.24, 2.45) is 0 Å². The monoisotopic (exact) mass is 253 g/mol. The van der Waals surface area contributed by atoms with Gasteiger partial charge in [0.1, 0.15) is 0 Å². The molecular formula is C14H27N3O. The van der Waals surface area contributed by atoms with Gasteiger partial charge in [-0.2, -0.15) is 5.10 Å². The van der Waals surface area contributed by atoms with Gasteiger partial charge in [-0.25, -0.2) is 0 Å². The molecule has 0 aliphatic carbocycles. The topological polar surface area (TPSA) is 39.1 Å². The Hall–Kier alpha value is -0.870. The molecule has 18 heavy (non-hydrogen) atoms. The molecule has 1 heterocycles. The highest BCUT2D eigenvalue weighted by Gasteiger charge is 2.01. The van der Waals surface area contributed by atoms with Crippen molar-refractivity contribution in [2.45, 2.75) is 59.2 Å². The molecule has 0 saturated heterocycles. The number of nitrogens with zero attached hydrogens (tertiary/aromatic N) is 2. The SMILES string of the molecule is CC(C)OCCCCNCc1ccn(C(C)C)n1. The minimum absolute atomic E-state index is 0.345. The minimum Gasteiger partial charge on any atom is -0.379 e. The largest absolute Gasteiger partial charge is 0.379 e. The van der Waals surface area contributed by atoms with E-state index in [2.05, 4.69) is 44.2 Å². The van der Waals surface area contributed by atoms with Crippen LogP contribution in [0.15, 0.2) is 12.3 Å². The van der Waals surface area contributed by atoms with Crippen LogP contribution < -0.4 is 5.32 Å². The van der Waals surface area contributed by atoms with Crippen LogP contribution >= 0.6 is 0 Å². The smallest absolute Gasteiger partial charge is 0.0762 e. The van der Waals surface area contributed by atoms with Crippen LogP contribution in [0, 0.1) is 0 Å². The van der Waals surface area contributed by atoms with Crippen molar-refractivity contribution in [3.63, 3.8) is 0 Å². The third-order valence-corrected chi connectivity index (χ3v) is 2.70. The first-order valence-corrected chi connectivity index (χ1v) is 6.96. The maximum Gasteiger partial charge on any atom is 0.0762 e. The molecule has 4 heteroatoms. The fraction of sp³-hybridized carbons (Fsp3) is 0.786. The second-order valence-electron chi connectivity index (χ2n) is 5.18. The lowest BCUT2D eigenvalue weighted by molar-refractivity contribution is 0.0760. The fourth-order valence-corrected chi connectivity index (χ4v) is 1.65. The molecule has 0 radical (unpaired) electrons. The minimum atomic E-state index is 0.345. The van der Waals surface area contributed by atoms with E-state index < -0.39 is 0 Å². The zero-order valence-electron chi connectivity index (χ0n) is 12.1. The highest BCUT2D eigenvalue weighted by Crippen LogP contribution is 2.03. The predicted octanol–water partition coefficient (Wildman–Crippen LogP) is 2.76. The molecule has 0 amide bonds. The first-order valence-electron chi connectivity index (χ1n) is 6.96. The van der Waals surface area contributed by atoms with E-state index in [0.29, 0.717) is 12.1 Å². The van der Waals surface area contributed by atoms with Crippen LogP contribution in [0.4, 0.5) is 0 Å². The maximum absolute atomic E-state index is 5.49. The number of aromatic nitrogens is 2. The summed E-state index contributed by atoms with van der Waals surface area (Å²) in [6, 6.07) is 2.52. The molecule has 0 fully saturated rings. The summed E-state index contributed by atoms with van der Waals surface area (Å²) in [6.45, 7) is 11.2. The Morgan fingerprint density at radius 1 is 1.28 bits per heavy atom. The molecule has 0 spiro atoms. The molecular weight excluding hydrogens is 226 g/mol. The zero-order valence-corrected chi connectivity index (χ0v) is 12.1. The number of unbranched alkanes of at least 4 members (excludes halogenated alkanes) is 1. The second kappa shape index (κ2) is 8.27. The standard InChI is InChI=1S/C14H27N3O/c1-12(2)17-9-7-14(16-17)11-15-8-5-6-10-18-13(3)4/h7,9,12-13,15H,5-6,8,10-11H2,1-4H3. The summed E-state index contributed by atoms with van der Waals surface area (Å²) in [6.07, 6.45) is 4.65. The van der Waals surface area contributed by atoms with Gasteiger partial charge in [-0.1, -0.05) is 0 Å². The predicted molar refractivity (Wildman–Crippen MR) is 74.6 cm³/mol. The summed E-state index contributed by atoms with van der Waals surface area (Å²) in [5, 5.41) is 7.91. The van der Waals surface area contributed by atoms with E-state index >= 15 is 0 Å². The summed E-state index contributed by atoms with van der Waals surface area (Å²) in [5.41, 5.74) is 1.11. The van der Waals surface area contributed by atoms with Gasteiger partial charge in [0.25, 0.3) is 0 Å². The lowest BCUT2D eigenvalue weighted by atomic mass is 10.3. The van der Waals surface area contributed by atoms with E-state index in [1.807, 2.05) is 10.9 Å². The molecule has 1 rings (SSSR count). The number of hydrogen-bond acceptors (Lipinski definition) is 3. The Labute approximate surface area is 111 Å². The van der Waals surface area contributed by atoms with Gasteiger partial charge in [0, 0.05) is 25.4 Å². The number of rotatable bonds is 9. The molecule has 0 aliphatic heterocycles. The average Bonchev–Trinajstić information content (AvgIpc) is 2.76. The van der Waals surface area contributed by atoms with E-state index in [1.165, 1.54) is 0 Å². The van der Waals surface area contributed by atoms with Gasteiger partial charge in [0.15, 0.2) is 0 Å². The fourth-order valence-electron chi connectivity index (χ4n) is 1.65. The van der Waals surface area contributed by atoms with E-state index in [-0.39, 0.29) is 0 Å². The van der Waals surface area contributed by atoms with Gasteiger partial charge >= 0.3 is 0 Å². The van der Waals surface area contributed by atoms with E-state index in [4.69, 9.17) is 4.74 Å². The molecule has 104 valence electrons. The maximum atomic E-state index is 5.49. The van der Waals surface area contributed by atoms with Gasteiger partial charge in [0.2, 0.25) is 0 Å². The number of ether oxygens (including phenoxy) is 1. The first-order chi connectivity index (χ1) is 8.59. The molecule has 0 atom stereocenters. The van der Waals surface area contributed by atoms with Crippen molar-refractivity contribution in [1.29, 1.82) is 0 Å². The summed E-state index contributed by atoms with van der Waals surface area (Å²) >= 11 is 0. The molecule has 1 aromatic heterocycles. The quantitative estimate of drug-likeness (QED) is 0.688. The zero-order chi connectivity index (χ0) is 13.4. The lowest BCUT2D eigenvalue weighted by Gasteiger charge is -2.07. The van der Waals surface area contributed by atoms with Crippen molar-refractivity contribution < 1.29 is 4.74 Å². The van der Waals surface area contributed by atoms with Crippen LogP contribution in [-0.2, 0) is 11.3 Å². The van der Waals surface area contributed by atoms with Gasteiger partial charge in [-0.3, -0.25) is 4.68 Å². The van der Waals surface area contributed by atoms with Gasteiger partial charge in [-0.05, 0) is 53.1 Å². The van der Waals surface area contributed by atoms with Crippen molar-refractivity contribution in [3.05, 3.63) is 18.0 Å². The van der Waals surface area contributed by atoms with Gasteiger partial charge in [-0.15, -0.1) is 0 Å². The Morgan fingerprint density at radius 2 is 2.06 bits per heavy atom. The molecule has 0 aromatic carbocycles. The van der Waals surface area contributed by atoms with Crippen LogP contribution in [0.25, 0.3) is 0 Å².